The van der Waals surface area contributed by atoms with Crippen molar-refractivity contribution in [3.05, 3.63) is 52.2 Å². The van der Waals surface area contributed by atoms with Crippen LogP contribution in [0.4, 0.5) is 0 Å². The van der Waals surface area contributed by atoms with Crippen LogP contribution >= 0.6 is 11.6 Å². The average molecular weight is 303 g/mol. The van der Waals surface area contributed by atoms with Gasteiger partial charge in [0, 0.05) is 0 Å². The average Bonchev–Trinajstić information content (AvgIpc) is 2.47. The fourth-order valence-corrected chi connectivity index (χ4v) is 2.65. The van der Waals surface area contributed by atoms with Crippen molar-refractivity contribution >= 4 is 33.5 Å². The van der Waals surface area contributed by atoms with Crippen LogP contribution in [-0.2, 0) is 5.88 Å². The number of benzene rings is 2. The van der Waals surface area contributed by atoms with E-state index in [1.54, 1.807) is 24.3 Å². The molecule has 108 valence electrons. The maximum Gasteiger partial charge on any atom is 0.200 e. The fourth-order valence-electron chi connectivity index (χ4n) is 2.39. The number of rotatable bonds is 3. The molecule has 2 aromatic carbocycles. The summed E-state index contributed by atoms with van der Waals surface area (Å²) >= 11 is 6.06. The summed E-state index contributed by atoms with van der Waals surface area (Å²) in [6.07, 6.45) is 0.0246. The van der Waals surface area contributed by atoms with Gasteiger partial charge in [-0.2, -0.15) is 0 Å². The van der Waals surface area contributed by atoms with Crippen molar-refractivity contribution in [2.24, 2.45) is 0 Å². The van der Waals surface area contributed by atoms with Gasteiger partial charge in [0.05, 0.1) is 28.3 Å². The Morgan fingerprint density at radius 1 is 1.14 bits per heavy atom. The molecule has 3 nitrogen and oxygen atoms in total. The highest BCUT2D eigenvalue weighted by Gasteiger charge is 2.15. The van der Waals surface area contributed by atoms with Crippen molar-refractivity contribution in [2.75, 3.05) is 0 Å². The number of fused-ring (bicyclic) bond motifs is 2. The van der Waals surface area contributed by atoms with E-state index in [0.29, 0.717) is 33.3 Å². The number of para-hydroxylation sites is 1. The van der Waals surface area contributed by atoms with Gasteiger partial charge >= 0.3 is 0 Å². The lowest BCUT2D eigenvalue weighted by Gasteiger charge is -2.14. The molecule has 0 aliphatic rings. The minimum Gasteiger partial charge on any atom is -0.491 e. The van der Waals surface area contributed by atoms with Gasteiger partial charge in [0.15, 0.2) is 0 Å². The second-order valence-electron chi connectivity index (χ2n) is 5.15. The van der Waals surface area contributed by atoms with Crippen molar-refractivity contribution in [3.8, 4) is 5.75 Å². The third-order valence-corrected chi connectivity index (χ3v) is 3.57. The molecule has 0 N–H and O–H groups in total. The molecule has 0 aliphatic carbocycles. The molecule has 3 rings (SSSR count). The molecule has 0 unspecified atom stereocenters. The Bertz CT molecular complexity index is 865. The van der Waals surface area contributed by atoms with Gasteiger partial charge in [-0.15, -0.1) is 11.6 Å². The van der Waals surface area contributed by atoms with E-state index in [-0.39, 0.29) is 17.4 Å². The summed E-state index contributed by atoms with van der Waals surface area (Å²) in [5, 5.41) is 1.10. The van der Waals surface area contributed by atoms with Crippen LogP contribution in [0, 0.1) is 0 Å². The fraction of sp³-hybridized carbons (Fsp3) is 0.235. The second-order valence-corrected chi connectivity index (χ2v) is 5.41. The Balaban J connectivity index is 2.39. The molecule has 4 heteroatoms. The van der Waals surface area contributed by atoms with Gasteiger partial charge in [0.25, 0.3) is 0 Å². The van der Waals surface area contributed by atoms with E-state index in [9.17, 15) is 4.79 Å². The van der Waals surface area contributed by atoms with Crippen LogP contribution in [0.1, 0.15) is 19.4 Å². The molecule has 0 saturated heterocycles. The highest BCUT2D eigenvalue weighted by Crippen LogP contribution is 2.31. The van der Waals surface area contributed by atoms with Crippen molar-refractivity contribution in [2.45, 2.75) is 25.8 Å². The minimum atomic E-state index is -0.0469. The monoisotopic (exact) mass is 302 g/mol. The highest BCUT2D eigenvalue weighted by molar-refractivity contribution is 6.18. The largest absolute Gasteiger partial charge is 0.491 e. The van der Waals surface area contributed by atoms with Crippen molar-refractivity contribution in [1.82, 2.24) is 0 Å². The summed E-state index contributed by atoms with van der Waals surface area (Å²) in [5.74, 6) is 0.881. The molecule has 3 aromatic rings. The van der Waals surface area contributed by atoms with E-state index in [1.165, 1.54) is 0 Å². The third kappa shape index (κ3) is 2.38. The Kier molecular flexibility index (Phi) is 3.60. The van der Waals surface area contributed by atoms with Crippen molar-refractivity contribution in [3.63, 3.8) is 0 Å². The molecule has 0 aliphatic heterocycles. The normalized spacial score (nSPS) is 11.4. The van der Waals surface area contributed by atoms with E-state index in [4.69, 9.17) is 20.8 Å². The van der Waals surface area contributed by atoms with Crippen LogP contribution in [0.3, 0.4) is 0 Å². The van der Waals surface area contributed by atoms with E-state index in [1.807, 2.05) is 26.0 Å². The second kappa shape index (κ2) is 5.41. The highest BCUT2D eigenvalue weighted by atomic mass is 35.5. The Morgan fingerprint density at radius 2 is 1.90 bits per heavy atom. The van der Waals surface area contributed by atoms with Crippen LogP contribution in [0.25, 0.3) is 21.9 Å². The van der Waals surface area contributed by atoms with Crippen molar-refractivity contribution in [1.29, 1.82) is 0 Å². The molecule has 1 aromatic heterocycles. The Hall–Kier alpha value is -2.00. The third-order valence-electron chi connectivity index (χ3n) is 3.30. The quantitative estimate of drug-likeness (QED) is 0.529. The number of hydrogen-bond donors (Lipinski definition) is 0. The molecule has 0 saturated carbocycles. The summed E-state index contributed by atoms with van der Waals surface area (Å²) in [6.45, 7) is 3.89. The lowest BCUT2D eigenvalue weighted by molar-refractivity contribution is 0.240. The molecule has 0 amide bonds. The van der Waals surface area contributed by atoms with Crippen LogP contribution in [-0.4, -0.2) is 6.10 Å². The van der Waals surface area contributed by atoms with E-state index in [2.05, 4.69) is 0 Å². The van der Waals surface area contributed by atoms with Crippen LogP contribution in [0.15, 0.2) is 45.6 Å². The molecule has 21 heavy (non-hydrogen) atoms. The van der Waals surface area contributed by atoms with Crippen LogP contribution in [0.5, 0.6) is 5.75 Å². The predicted molar refractivity (Wildman–Crippen MR) is 85.3 cm³/mol. The molecule has 0 radical (unpaired) electrons. The van der Waals surface area contributed by atoms with Crippen LogP contribution in [0.2, 0.25) is 0 Å². The van der Waals surface area contributed by atoms with E-state index >= 15 is 0 Å². The van der Waals surface area contributed by atoms with Gasteiger partial charge in [0.2, 0.25) is 5.43 Å². The first-order chi connectivity index (χ1) is 10.1. The van der Waals surface area contributed by atoms with Gasteiger partial charge in [-0.25, -0.2) is 0 Å². The van der Waals surface area contributed by atoms with Gasteiger partial charge in [0.1, 0.15) is 16.9 Å². The summed E-state index contributed by atoms with van der Waals surface area (Å²) in [4.78, 5) is 12.5. The first-order valence-electron chi connectivity index (χ1n) is 6.82. The zero-order valence-corrected chi connectivity index (χ0v) is 12.6. The molecule has 0 spiro atoms. The summed E-state index contributed by atoms with van der Waals surface area (Å²) in [6, 6.07) is 10.7. The number of ether oxygens (including phenoxy) is 1. The lowest BCUT2D eigenvalue weighted by Crippen LogP contribution is -2.09. The van der Waals surface area contributed by atoms with Gasteiger partial charge in [-0.3, -0.25) is 4.79 Å². The SMILES string of the molecule is CC(C)Oc1ccc2c(=O)c3ccccc3oc2c1CCl. The summed E-state index contributed by atoms with van der Waals surface area (Å²) < 4.78 is 11.7. The van der Waals surface area contributed by atoms with E-state index < -0.39 is 0 Å². The predicted octanol–water partition coefficient (Wildman–Crippen LogP) is 4.47. The van der Waals surface area contributed by atoms with Gasteiger partial charge < -0.3 is 9.15 Å². The summed E-state index contributed by atoms with van der Waals surface area (Å²) in [7, 11) is 0. The summed E-state index contributed by atoms with van der Waals surface area (Å²) in [5.41, 5.74) is 1.73. The smallest absolute Gasteiger partial charge is 0.200 e. The zero-order valence-electron chi connectivity index (χ0n) is 11.9. The topological polar surface area (TPSA) is 39.4 Å². The molecular weight excluding hydrogens is 288 g/mol. The van der Waals surface area contributed by atoms with E-state index in [0.717, 1.165) is 0 Å². The van der Waals surface area contributed by atoms with Gasteiger partial charge in [-0.05, 0) is 38.1 Å². The number of alkyl halides is 1. The van der Waals surface area contributed by atoms with Gasteiger partial charge in [-0.1, -0.05) is 12.1 Å². The maximum absolute atomic E-state index is 12.5. The molecule has 0 bridgehead atoms. The first-order valence-corrected chi connectivity index (χ1v) is 7.35. The van der Waals surface area contributed by atoms with Crippen molar-refractivity contribution < 1.29 is 9.15 Å². The number of hydrogen-bond acceptors (Lipinski definition) is 3. The standard InChI is InChI=1S/C17H15ClO3/c1-10(2)20-15-8-7-12-16(19)11-5-3-4-6-14(11)21-17(12)13(15)9-18/h3-8,10H,9H2,1-2H3. The lowest BCUT2D eigenvalue weighted by atomic mass is 10.1. The maximum atomic E-state index is 12.5. The first kappa shape index (κ1) is 14.0. The minimum absolute atomic E-state index is 0.0246. The number of halogens is 1. The molecular formula is C17H15ClO3. The molecule has 1 heterocycles. The molecule has 0 fully saturated rings. The Labute approximate surface area is 127 Å². The van der Waals surface area contributed by atoms with Crippen LogP contribution < -0.4 is 10.2 Å². The Morgan fingerprint density at radius 3 is 2.62 bits per heavy atom. The molecule has 0 atom stereocenters. The zero-order chi connectivity index (χ0) is 15.0.